The number of hydrogen-bond donors (Lipinski definition) is 2. The number of amides is 1. The van der Waals surface area contributed by atoms with E-state index in [1.165, 1.54) is 0 Å². The molecule has 0 aromatic heterocycles. The molecule has 1 heterocycles. The number of fused-ring (bicyclic) bond motifs is 1. The highest BCUT2D eigenvalue weighted by Gasteiger charge is 2.28. The summed E-state index contributed by atoms with van der Waals surface area (Å²) in [6.45, 7) is 5.44. The lowest BCUT2D eigenvalue weighted by Crippen LogP contribution is -2.44. The van der Waals surface area contributed by atoms with Gasteiger partial charge < -0.3 is 15.3 Å². The number of hydrogen-bond acceptors (Lipinski definition) is 3. The number of nitrogens with one attached hydrogen (secondary N) is 1. The maximum absolute atomic E-state index is 12.1. The van der Waals surface area contributed by atoms with Gasteiger partial charge in [-0.3, -0.25) is 4.79 Å². The molecule has 0 radical (unpaired) electrons. The Bertz CT molecular complexity index is 542. The summed E-state index contributed by atoms with van der Waals surface area (Å²) in [7, 11) is 0. The van der Waals surface area contributed by atoms with E-state index in [0.29, 0.717) is 12.1 Å². The highest BCUT2D eigenvalue weighted by molar-refractivity contribution is 5.90. The summed E-state index contributed by atoms with van der Waals surface area (Å²) in [6.07, 6.45) is 2.82. The van der Waals surface area contributed by atoms with Gasteiger partial charge in [0, 0.05) is 18.8 Å². The van der Waals surface area contributed by atoms with Crippen molar-refractivity contribution in [1.29, 1.82) is 0 Å². The first-order chi connectivity index (χ1) is 10.0. The zero-order chi connectivity index (χ0) is 15.4. The molecule has 2 N–H and O–H groups in total. The molecule has 1 atom stereocenters. The van der Waals surface area contributed by atoms with Gasteiger partial charge in [0.25, 0.3) is 0 Å². The van der Waals surface area contributed by atoms with Crippen molar-refractivity contribution in [3.8, 4) is 0 Å². The average Bonchev–Trinajstić information content (AvgIpc) is 2.89. The summed E-state index contributed by atoms with van der Waals surface area (Å²) >= 11 is 0. The Balaban J connectivity index is 2.07. The number of rotatable bonds is 6. The van der Waals surface area contributed by atoms with E-state index in [1.54, 1.807) is 12.1 Å². The van der Waals surface area contributed by atoms with E-state index in [0.717, 1.165) is 37.1 Å². The monoisotopic (exact) mass is 290 g/mol. The van der Waals surface area contributed by atoms with Gasteiger partial charge in [-0.15, -0.1) is 0 Å². The molecule has 5 nitrogen and oxygen atoms in total. The first-order valence-electron chi connectivity index (χ1n) is 7.45. The molecule has 0 saturated heterocycles. The molecule has 114 valence electrons. The van der Waals surface area contributed by atoms with Crippen LogP contribution in [0, 0.1) is 0 Å². The quantitative estimate of drug-likeness (QED) is 0.787. The van der Waals surface area contributed by atoms with Crippen LogP contribution < -0.4 is 10.2 Å². The van der Waals surface area contributed by atoms with Gasteiger partial charge in [0.1, 0.15) is 6.04 Å². The van der Waals surface area contributed by atoms with E-state index < -0.39 is 5.97 Å². The number of nitrogens with zero attached hydrogens (tertiary/aromatic N) is 1. The molecule has 1 aliphatic heterocycles. The highest BCUT2D eigenvalue weighted by atomic mass is 16.4. The Morgan fingerprint density at radius 1 is 1.43 bits per heavy atom. The van der Waals surface area contributed by atoms with Crippen LogP contribution in [0.5, 0.6) is 0 Å². The number of carbonyl (C=O) groups excluding carboxylic acids is 1. The molecule has 21 heavy (non-hydrogen) atoms. The molecule has 0 bridgehead atoms. The molecule has 0 saturated carbocycles. The van der Waals surface area contributed by atoms with Crippen molar-refractivity contribution in [3.63, 3.8) is 0 Å². The van der Waals surface area contributed by atoms with Crippen molar-refractivity contribution in [2.75, 3.05) is 18.0 Å². The third-order valence-electron chi connectivity index (χ3n) is 3.93. The summed E-state index contributed by atoms with van der Waals surface area (Å²) in [4.78, 5) is 25.2. The number of carboxylic acids is 1. The summed E-state index contributed by atoms with van der Waals surface area (Å²) in [5, 5.41) is 12.0. The average molecular weight is 290 g/mol. The molecule has 0 aliphatic carbocycles. The van der Waals surface area contributed by atoms with E-state index in [2.05, 4.69) is 12.2 Å². The molecule has 5 heteroatoms. The van der Waals surface area contributed by atoms with Crippen LogP contribution >= 0.6 is 0 Å². The highest BCUT2D eigenvalue weighted by Crippen LogP contribution is 2.30. The summed E-state index contributed by atoms with van der Waals surface area (Å²) < 4.78 is 0. The lowest BCUT2D eigenvalue weighted by atomic mass is 10.1. The Morgan fingerprint density at radius 2 is 2.19 bits per heavy atom. The standard InChI is InChI=1S/C16H22N2O3/c1-3-4-8-17-15(19)11(2)18-9-7-12-10-13(16(20)21)5-6-14(12)18/h5-6,10-11H,3-4,7-9H2,1-2H3,(H,17,19)(H,20,21). The molecular weight excluding hydrogens is 268 g/mol. The Hall–Kier alpha value is -2.04. The molecule has 0 spiro atoms. The second-order valence-electron chi connectivity index (χ2n) is 5.41. The molecule has 1 aromatic carbocycles. The maximum Gasteiger partial charge on any atom is 0.335 e. The topological polar surface area (TPSA) is 69.6 Å². The molecule has 1 unspecified atom stereocenters. The number of anilines is 1. The van der Waals surface area contributed by atoms with Crippen molar-refractivity contribution in [2.45, 2.75) is 39.2 Å². The van der Waals surface area contributed by atoms with Gasteiger partial charge in [-0.1, -0.05) is 13.3 Å². The fourth-order valence-electron chi connectivity index (χ4n) is 2.64. The number of carbonyl (C=O) groups is 2. The lowest BCUT2D eigenvalue weighted by molar-refractivity contribution is -0.122. The first-order valence-corrected chi connectivity index (χ1v) is 7.45. The van der Waals surface area contributed by atoms with Crippen molar-refractivity contribution >= 4 is 17.6 Å². The molecule has 1 aromatic rings. The van der Waals surface area contributed by atoms with Crippen LogP contribution in [0.4, 0.5) is 5.69 Å². The number of benzene rings is 1. The van der Waals surface area contributed by atoms with Crippen LogP contribution in [0.25, 0.3) is 0 Å². The SMILES string of the molecule is CCCCNC(=O)C(C)N1CCc2cc(C(=O)O)ccc21. The predicted molar refractivity (Wildman–Crippen MR) is 81.8 cm³/mol. The second kappa shape index (κ2) is 6.61. The van der Waals surface area contributed by atoms with Crippen LogP contribution in [0.1, 0.15) is 42.6 Å². The lowest BCUT2D eigenvalue weighted by Gasteiger charge is -2.26. The number of unbranched alkanes of at least 4 members (excludes halogenated alkanes) is 1. The van der Waals surface area contributed by atoms with Crippen molar-refractivity contribution in [2.24, 2.45) is 0 Å². The minimum atomic E-state index is -0.915. The van der Waals surface area contributed by atoms with Gasteiger partial charge in [0.05, 0.1) is 5.56 Å². The van der Waals surface area contributed by atoms with Crippen LogP contribution in [0.3, 0.4) is 0 Å². The third-order valence-corrected chi connectivity index (χ3v) is 3.93. The van der Waals surface area contributed by atoms with Gasteiger partial charge in [0.15, 0.2) is 0 Å². The molecule has 1 amide bonds. The second-order valence-corrected chi connectivity index (χ2v) is 5.41. The summed E-state index contributed by atoms with van der Waals surface area (Å²) in [5.41, 5.74) is 2.27. The van der Waals surface area contributed by atoms with Crippen molar-refractivity contribution < 1.29 is 14.7 Å². The van der Waals surface area contributed by atoms with Crippen LogP contribution in [0.15, 0.2) is 18.2 Å². The van der Waals surface area contributed by atoms with Gasteiger partial charge in [0.2, 0.25) is 5.91 Å². The number of carboxylic acid groups (broad SMARTS) is 1. The van der Waals surface area contributed by atoms with Gasteiger partial charge in [-0.05, 0) is 43.5 Å². The summed E-state index contributed by atoms with van der Waals surface area (Å²) in [6, 6.07) is 4.88. The largest absolute Gasteiger partial charge is 0.478 e. The normalized spacial score (nSPS) is 14.7. The van der Waals surface area contributed by atoms with E-state index in [1.807, 2.05) is 17.9 Å². The smallest absolute Gasteiger partial charge is 0.335 e. The maximum atomic E-state index is 12.1. The van der Waals surface area contributed by atoms with Crippen LogP contribution in [-0.2, 0) is 11.2 Å². The minimum Gasteiger partial charge on any atom is -0.478 e. The molecular formula is C16H22N2O3. The van der Waals surface area contributed by atoms with E-state index in [4.69, 9.17) is 5.11 Å². The summed E-state index contributed by atoms with van der Waals surface area (Å²) in [5.74, 6) is -0.889. The van der Waals surface area contributed by atoms with Crippen LogP contribution in [-0.4, -0.2) is 36.1 Å². The van der Waals surface area contributed by atoms with E-state index in [-0.39, 0.29) is 11.9 Å². The Labute approximate surface area is 125 Å². The van der Waals surface area contributed by atoms with Gasteiger partial charge >= 0.3 is 5.97 Å². The number of aromatic carboxylic acids is 1. The molecule has 1 aliphatic rings. The minimum absolute atomic E-state index is 0.0265. The third kappa shape index (κ3) is 3.35. The van der Waals surface area contributed by atoms with Gasteiger partial charge in [-0.25, -0.2) is 4.79 Å². The first kappa shape index (κ1) is 15.4. The fraction of sp³-hybridized carbons (Fsp3) is 0.500. The fourth-order valence-corrected chi connectivity index (χ4v) is 2.64. The Morgan fingerprint density at radius 3 is 2.86 bits per heavy atom. The zero-order valence-electron chi connectivity index (χ0n) is 12.6. The molecule has 0 fully saturated rings. The van der Waals surface area contributed by atoms with Gasteiger partial charge in [-0.2, -0.15) is 0 Å². The predicted octanol–water partition coefficient (Wildman–Crippen LogP) is 2.05. The zero-order valence-corrected chi connectivity index (χ0v) is 12.6. The van der Waals surface area contributed by atoms with Crippen molar-refractivity contribution in [1.82, 2.24) is 5.32 Å². The van der Waals surface area contributed by atoms with E-state index in [9.17, 15) is 9.59 Å². The van der Waals surface area contributed by atoms with Crippen LogP contribution in [0.2, 0.25) is 0 Å². The Kier molecular flexibility index (Phi) is 4.83. The van der Waals surface area contributed by atoms with Crippen molar-refractivity contribution in [3.05, 3.63) is 29.3 Å². The molecule has 2 rings (SSSR count). The van der Waals surface area contributed by atoms with E-state index >= 15 is 0 Å².